The number of imide groups is 1. The second-order valence-electron chi connectivity index (χ2n) is 2.69. The van der Waals surface area contributed by atoms with Gasteiger partial charge in [-0.05, 0) is 6.92 Å². The van der Waals surface area contributed by atoms with Gasteiger partial charge in [-0.3, -0.25) is 9.69 Å². The Labute approximate surface area is 86.4 Å². The highest BCUT2D eigenvalue weighted by Gasteiger charge is 2.35. The number of amides is 3. The van der Waals surface area contributed by atoms with Gasteiger partial charge in [0.25, 0.3) is 0 Å². The first-order valence-electron chi connectivity index (χ1n) is 3.93. The molecule has 1 aliphatic heterocycles. The Kier molecular flexibility index (Phi) is 3.39. The topological polar surface area (TPSA) is 40.6 Å². The molecule has 1 fully saturated rings. The van der Waals surface area contributed by atoms with Crippen molar-refractivity contribution in [1.29, 1.82) is 0 Å². The molecule has 6 heteroatoms. The standard InChI is InChI=1S/C7H10Cl2N2O2/c1-2-10-4-6(12)11(7(10)13)3-5(8)9/h5H,2-4H2,1H3. The molecule has 1 saturated heterocycles. The normalized spacial score (nSPS) is 17.8. The maximum absolute atomic E-state index is 11.4. The Hall–Kier alpha value is -0.480. The van der Waals surface area contributed by atoms with Crippen molar-refractivity contribution in [2.45, 2.75) is 11.8 Å². The van der Waals surface area contributed by atoms with E-state index in [-0.39, 0.29) is 25.0 Å². The van der Waals surface area contributed by atoms with E-state index in [0.717, 1.165) is 4.90 Å². The smallest absolute Gasteiger partial charge is 0.315 e. The molecule has 1 rings (SSSR count). The van der Waals surface area contributed by atoms with Crippen LogP contribution < -0.4 is 0 Å². The molecule has 0 bridgehead atoms. The van der Waals surface area contributed by atoms with E-state index in [2.05, 4.69) is 0 Å². The molecule has 3 amide bonds. The summed E-state index contributed by atoms with van der Waals surface area (Å²) in [5, 5.41) is 0. The van der Waals surface area contributed by atoms with Crippen molar-refractivity contribution in [3.63, 3.8) is 0 Å². The molecule has 0 aromatic carbocycles. The lowest BCUT2D eigenvalue weighted by Gasteiger charge is -2.15. The Morgan fingerprint density at radius 3 is 2.46 bits per heavy atom. The van der Waals surface area contributed by atoms with Crippen LogP contribution in [0.2, 0.25) is 0 Å². The minimum absolute atomic E-state index is 0.0667. The van der Waals surface area contributed by atoms with Gasteiger partial charge in [-0.1, -0.05) is 0 Å². The highest BCUT2D eigenvalue weighted by Crippen LogP contribution is 2.13. The highest BCUT2D eigenvalue weighted by molar-refractivity contribution is 6.44. The fourth-order valence-electron chi connectivity index (χ4n) is 1.16. The van der Waals surface area contributed by atoms with Crippen molar-refractivity contribution >= 4 is 35.1 Å². The van der Waals surface area contributed by atoms with Crippen LogP contribution in [-0.4, -0.2) is 46.2 Å². The fraction of sp³-hybridized carbons (Fsp3) is 0.714. The maximum atomic E-state index is 11.4. The van der Waals surface area contributed by atoms with Crippen LogP contribution >= 0.6 is 23.2 Å². The zero-order valence-corrected chi connectivity index (χ0v) is 8.68. The molecule has 0 radical (unpaired) electrons. The number of hydrogen-bond donors (Lipinski definition) is 0. The third kappa shape index (κ3) is 2.25. The van der Waals surface area contributed by atoms with Gasteiger partial charge >= 0.3 is 6.03 Å². The average molecular weight is 225 g/mol. The number of carbonyl (C=O) groups excluding carboxylic acids is 2. The van der Waals surface area contributed by atoms with E-state index in [0.29, 0.717) is 6.54 Å². The van der Waals surface area contributed by atoms with Crippen LogP contribution in [0.4, 0.5) is 4.79 Å². The first-order chi connectivity index (χ1) is 6.06. The Morgan fingerprint density at radius 1 is 1.46 bits per heavy atom. The van der Waals surface area contributed by atoms with Gasteiger partial charge in [0.15, 0.2) is 0 Å². The van der Waals surface area contributed by atoms with E-state index in [4.69, 9.17) is 23.2 Å². The number of likely N-dealkylation sites (N-methyl/N-ethyl adjacent to an activating group) is 1. The van der Waals surface area contributed by atoms with E-state index in [1.807, 2.05) is 6.92 Å². The second kappa shape index (κ2) is 4.15. The summed E-state index contributed by atoms with van der Waals surface area (Å²) in [6.07, 6.45) is 0. The van der Waals surface area contributed by atoms with E-state index in [9.17, 15) is 9.59 Å². The molecule has 0 aromatic heterocycles. The van der Waals surface area contributed by atoms with E-state index >= 15 is 0 Å². The van der Waals surface area contributed by atoms with Crippen molar-refractivity contribution in [2.24, 2.45) is 0 Å². The van der Waals surface area contributed by atoms with Crippen molar-refractivity contribution in [3.8, 4) is 0 Å². The van der Waals surface area contributed by atoms with Crippen LogP contribution in [0.1, 0.15) is 6.92 Å². The molecule has 1 aliphatic rings. The number of carbonyl (C=O) groups is 2. The van der Waals surface area contributed by atoms with Gasteiger partial charge in [0.2, 0.25) is 5.91 Å². The SMILES string of the molecule is CCN1CC(=O)N(CC(Cl)Cl)C1=O. The molecule has 1 heterocycles. The number of rotatable bonds is 3. The summed E-state index contributed by atoms with van der Waals surface area (Å²) >= 11 is 11.0. The number of halogens is 2. The molecule has 13 heavy (non-hydrogen) atoms. The number of hydrogen-bond acceptors (Lipinski definition) is 2. The van der Waals surface area contributed by atoms with E-state index in [1.165, 1.54) is 4.90 Å². The van der Waals surface area contributed by atoms with Gasteiger partial charge in [0, 0.05) is 6.54 Å². The minimum Gasteiger partial charge on any atom is -0.315 e. The van der Waals surface area contributed by atoms with Crippen LogP contribution in [0, 0.1) is 0 Å². The van der Waals surface area contributed by atoms with Crippen molar-refractivity contribution < 1.29 is 9.59 Å². The van der Waals surface area contributed by atoms with Gasteiger partial charge in [0.1, 0.15) is 11.4 Å². The van der Waals surface area contributed by atoms with Gasteiger partial charge in [-0.25, -0.2) is 4.79 Å². The summed E-state index contributed by atoms with van der Waals surface area (Å²) in [6, 6.07) is -0.307. The molecule has 0 N–H and O–H groups in total. The summed E-state index contributed by atoms with van der Waals surface area (Å²) in [4.78, 5) is 24.4. The summed E-state index contributed by atoms with van der Waals surface area (Å²) in [5.74, 6) is -0.238. The van der Waals surface area contributed by atoms with Crippen LogP contribution in [0.3, 0.4) is 0 Å². The summed E-state index contributed by atoms with van der Waals surface area (Å²) in [7, 11) is 0. The lowest BCUT2D eigenvalue weighted by Crippen LogP contribution is -2.35. The third-order valence-corrected chi connectivity index (χ3v) is 2.11. The highest BCUT2D eigenvalue weighted by atomic mass is 35.5. The number of alkyl halides is 2. The largest absolute Gasteiger partial charge is 0.327 e. The van der Waals surface area contributed by atoms with Crippen LogP contribution in [0.5, 0.6) is 0 Å². The number of nitrogens with zero attached hydrogens (tertiary/aromatic N) is 2. The predicted octanol–water partition coefficient (Wildman–Crippen LogP) is 1.07. The molecule has 0 aliphatic carbocycles. The average Bonchev–Trinajstić information content (AvgIpc) is 2.31. The van der Waals surface area contributed by atoms with Gasteiger partial charge in [-0.2, -0.15) is 0 Å². The second-order valence-corrected chi connectivity index (χ2v) is 3.97. The number of urea groups is 1. The van der Waals surface area contributed by atoms with E-state index in [1.54, 1.807) is 0 Å². The van der Waals surface area contributed by atoms with Crippen molar-refractivity contribution in [1.82, 2.24) is 9.80 Å². The Morgan fingerprint density at radius 2 is 2.08 bits per heavy atom. The monoisotopic (exact) mass is 224 g/mol. The van der Waals surface area contributed by atoms with Crippen molar-refractivity contribution in [3.05, 3.63) is 0 Å². The molecule has 4 nitrogen and oxygen atoms in total. The zero-order valence-electron chi connectivity index (χ0n) is 7.17. The van der Waals surface area contributed by atoms with Crippen LogP contribution in [-0.2, 0) is 4.79 Å². The van der Waals surface area contributed by atoms with Gasteiger partial charge in [0.05, 0.1) is 6.54 Å². The molecular weight excluding hydrogens is 215 g/mol. The first-order valence-corrected chi connectivity index (χ1v) is 4.81. The molecule has 0 atom stereocenters. The zero-order chi connectivity index (χ0) is 10.0. The van der Waals surface area contributed by atoms with Crippen LogP contribution in [0.25, 0.3) is 0 Å². The summed E-state index contributed by atoms with van der Waals surface area (Å²) in [5.41, 5.74) is 0. The quantitative estimate of drug-likeness (QED) is 0.532. The summed E-state index contributed by atoms with van der Waals surface area (Å²) in [6.45, 7) is 2.54. The van der Waals surface area contributed by atoms with Crippen LogP contribution in [0.15, 0.2) is 0 Å². The minimum atomic E-state index is -0.718. The Balaban J connectivity index is 2.65. The molecule has 0 saturated carbocycles. The van der Waals surface area contributed by atoms with Crippen molar-refractivity contribution in [2.75, 3.05) is 19.6 Å². The molecular formula is C7H10Cl2N2O2. The predicted molar refractivity (Wildman–Crippen MR) is 49.9 cm³/mol. The van der Waals surface area contributed by atoms with E-state index < -0.39 is 4.84 Å². The van der Waals surface area contributed by atoms with Gasteiger partial charge < -0.3 is 4.90 Å². The first kappa shape index (κ1) is 10.6. The fourth-order valence-corrected chi connectivity index (χ4v) is 1.43. The molecule has 0 aromatic rings. The molecule has 0 spiro atoms. The molecule has 74 valence electrons. The third-order valence-electron chi connectivity index (χ3n) is 1.83. The van der Waals surface area contributed by atoms with Gasteiger partial charge in [-0.15, -0.1) is 23.2 Å². The lowest BCUT2D eigenvalue weighted by atomic mass is 10.5. The molecule has 0 unspecified atom stereocenters. The lowest BCUT2D eigenvalue weighted by molar-refractivity contribution is -0.125. The Bertz CT molecular complexity index is 233. The summed E-state index contributed by atoms with van der Waals surface area (Å²) < 4.78 is 0. The maximum Gasteiger partial charge on any atom is 0.327 e.